The van der Waals surface area contributed by atoms with E-state index >= 15 is 0 Å². The van der Waals surface area contributed by atoms with Gasteiger partial charge in [-0.25, -0.2) is 4.98 Å². The number of carbonyl (C=O) groups is 1. The molecule has 0 aliphatic heterocycles. The number of amides is 1. The maximum atomic E-state index is 11.7. The Balaban J connectivity index is 2.07. The molecule has 2 aromatic rings. The van der Waals surface area contributed by atoms with Crippen molar-refractivity contribution in [1.29, 1.82) is 0 Å². The van der Waals surface area contributed by atoms with Gasteiger partial charge in [0.15, 0.2) is 0 Å². The van der Waals surface area contributed by atoms with Gasteiger partial charge in [0, 0.05) is 6.42 Å². The predicted octanol–water partition coefficient (Wildman–Crippen LogP) is 5.08. The SMILES string of the molecule is Cc1cc(C)c(Nc2ccc(NC(=O)CC(C)C)cn2)c(Cl)c1. The smallest absolute Gasteiger partial charge is 0.224 e. The second kappa shape index (κ2) is 7.47. The number of carbonyl (C=O) groups excluding carboxylic acids is 1. The summed E-state index contributed by atoms with van der Waals surface area (Å²) in [6.45, 7) is 8.04. The summed E-state index contributed by atoms with van der Waals surface area (Å²) in [7, 11) is 0. The summed E-state index contributed by atoms with van der Waals surface area (Å²) in [6.07, 6.45) is 2.14. The molecule has 0 saturated heterocycles. The molecule has 0 aliphatic rings. The molecule has 0 spiro atoms. The number of nitrogens with one attached hydrogen (secondary N) is 2. The van der Waals surface area contributed by atoms with Gasteiger partial charge in [-0.2, -0.15) is 0 Å². The van der Waals surface area contributed by atoms with Gasteiger partial charge in [0.05, 0.1) is 22.6 Å². The molecule has 0 atom stereocenters. The molecule has 0 unspecified atom stereocenters. The number of halogens is 1. The number of hydrogen-bond acceptors (Lipinski definition) is 3. The lowest BCUT2D eigenvalue weighted by Crippen LogP contribution is -2.14. The largest absolute Gasteiger partial charge is 0.339 e. The number of rotatable bonds is 5. The van der Waals surface area contributed by atoms with Crippen LogP contribution in [-0.2, 0) is 4.79 Å². The van der Waals surface area contributed by atoms with E-state index in [1.165, 1.54) is 0 Å². The summed E-state index contributed by atoms with van der Waals surface area (Å²) in [5.74, 6) is 1.01. The van der Waals surface area contributed by atoms with Gasteiger partial charge in [-0.3, -0.25) is 4.79 Å². The highest BCUT2D eigenvalue weighted by atomic mass is 35.5. The van der Waals surface area contributed by atoms with Gasteiger partial charge in [-0.15, -0.1) is 0 Å². The van der Waals surface area contributed by atoms with Crippen molar-refractivity contribution in [1.82, 2.24) is 4.98 Å². The Bertz CT molecular complexity index is 673. The second-order valence-electron chi connectivity index (χ2n) is 6.14. The average molecular weight is 332 g/mol. The normalized spacial score (nSPS) is 10.7. The molecule has 0 fully saturated rings. The van der Waals surface area contributed by atoms with Crippen LogP contribution in [0.25, 0.3) is 0 Å². The van der Waals surface area contributed by atoms with Crippen molar-refractivity contribution in [3.63, 3.8) is 0 Å². The van der Waals surface area contributed by atoms with Crippen molar-refractivity contribution in [3.05, 3.63) is 46.6 Å². The third-order valence-corrected chi connectivity index (χ3v) is 3.62. The van der Waals surface area contributed by atoms with E-state index in [1.807, 2.05) is 45.9 Å². The first-order valence-electron chi connectivity index (χ1n) is 7.65. The topological polar surface area (TPSA) is 54.0 Å². The number of hydrogen-bond donors (Lipinski definition) is 2. The van der Waals surface area contributed by atoms with E-state index in [-0.39, 0.29) is 5.91 Å². The van der Waals surface area contributed by atoms with Crippen LogP contribution in [0.4, 0.5) is 17.2 Å². The molecular formula is C18H22ClN3O. The van der Waals surface area contributed by atoms with Gasteiger partial charge >= 0.3 is 0 Å². The standard InChI is InChI=1S/C18H22ClN3O/c1-11(2)7-17(23)21-14-5-6-16(20-10-14)22-18-13(4)8-12(3)9-15(18)19/h5-6,8-11H,7H2,1-4H3,(H,20,22)(H,21,23). The molecule has 0 saturated carbocycles. The maximum Gasteiger partial charge on any atom is 0.224 e. The van der Waals surface area contributed by atoms with Gasteiger partial charge in [-0.1, -0.05) is 31.5 Å². The van der Waals surface area contributed by atoms with Crippen molar-refractivity contribution >= 4 is 34.7 Å². The van der Waals surface area contributed by atoms with Gasteiger partial charge in [-0.05, 0) is 49.1 Å². The highest BCUT2D eigenvalue weighted by Gasteiger charge is 2.08. The zero-order valence-electron chi connectivity index (χ0n) is 13.9. The van der Waals surface area contributed by atoms with Gasteiger partial charge in [0.25, 0.3) is 0 Å². The van der Waals surface area contributed by atoms with E-state index < -0.39 is 0 Å². The van der Waals surface area contributed by atoms with E-state index in [9.17, 15) is 4.79 Å². The number of nitrogens with zero attached hydrogens (tertiary/aromatic N) is 1. The van der Waals surface area contributed by atoms with E-state index in [4.69, 9.17) is 11.6 Å². The summed E-state index contributed by atoms with van der Waals surface area (Å²) in [6, 6.07) is 7.62. The Hall–Kier alpha value is -2.07. The van der Waals surface area contributed by atoms with Crippen LogP contribution in [0, 0.1) is 19.8 Å². The fourth-order valence-electron chi connectivity index (χ4n) is 2.33. The first-order chi connectivity index (χ1) is 10.8. The average Bonchev–Trinajstić information content (AvgIpc) is 2.43. The first-order valence-corrected chi connectivity index (χ1v) is 8.02. The Morgan fingerprint density at radius 3 is 2.57 bits per heavy atom. The van der Waals surface area contributed by atoms with Crippen molar-refractivity contribution in [2.24, 2.45) is 5.92 Å². The number of aromatic nitrogens is 1. The fourth-order valence-corrected chi connectivity index (χ4v) is 2.70. The van der Waals surface area contributed by atoms with Crippen LogP contribution < -0.4 is 10.6 Å². The van der Waals surface area contributed by atoms with Crippen LogP contribution in [0.1, 0.15) is 31.4 Å². The highest BCUT2D eigenvalue weighted by molar-refractivity contribution is 6.33. The van der Waals surface area contributed by atoms with Crippen molar-refractivity contribution in [2.45, 2.75) is 34.1 Å². The van der Waals surface area contributed by atoms with Gasteiger partial charge < -0.3 is 10.6 Å². The Morgan fingerprint density at radius 1 is 1.26 bits per heavy atom. The van der Waals surface area contributed by atoms with Gasteiger partial charge in [0.1, 0.15) is 5.82 Å². The molecule has 1 heterocycles. The summed E-state index contributed by atoms with van der Waals surface area (Å²) in [5.41, 5.74) is 3.72. The van der Waals surface area contributed by atoms with E-state index in [0.29, 0.717) is 28.9 Å². The fraction of sp³-hybridized carbons (Fsp3) is 0.333. The van der Waals surface area contributed by atoms with E-state index in [1.54, 1.807) is 6.20 Å². The van der Waals surface area contributed by atoms with Crippen LogP contribution in [0.3, 0.4) is 0 Å². The number of anilines is 3. The Labute approximate surface area is 142 Å². The van der Waals surface area contributed by atoms with E-state index in [0.717, 1.165) is 16.8 Å². The Kier molecular flexibility index (Phi) is 5.61. The van der Waals surface area contributed by atoms with Crippen LogP contribution in [0.5, 0.6) is 0 Å². The quantitative estimate of drug-likeness (QED) is 0.803. The van der Waals surface area contributed by atoms with Crippen LogP contribution in [0.2, 0.25) is 5.02 Å². The summed E-state index contributed by atoms with van der Waals surface area (Å²) < 4.78 is 0. The van der Waals surface area contributed by atoms with Crippen molar-refractivity contribution in [2.75, 3.05) is 10.6 Å². The molecule has 23 heavy (non-hydrogen) atoms. The molecule has 122 valence electrons. The van der Waals surface area contributed by atoms with E-state index in [2.05, 4.69) is 21.7 Å². The molecule has 0 aliphatic carbocycles. The minimum absolute atomic E-state index is 0.0000624. The zero-order chi connectivity index (χ0) is 17.0. The molecule has 0 bridgehead atoms. The molecular weight excluding hydrogens is 310 g/mol. The molecule has 1 aromatic carbocycles. The third kappa shape index (κ3) is 4.96. The molecule has 5 heteroatoms. The maximum absolute atomic E-state index is 11.7. The number of benzene rings is 1. The molecule has 2 N–H and O–H groups in total. The second-order valence-corrected chi connectivity index (χ2v) is 6.55. The third-order valence-electron chi connectivity index (χ3n) is 3.33. The van der Waals surface area contributed by atoms with Crippen molar-refractivity contribution < 1.29 is 4.79 Å². The highest BCUT2D eigenvalue weighted by Crippen LogP contribution is 2.29. The van der Waals surface area contributed by atoms with Crippen LogP contribution in [-0.4, -0.2) is 10.9 Å². The zero-order valence-corrected chi connectivity index (χ0v) is 14.7. The lowest BCUT2D eigenvalue weighted by atomic mass is 10.1. The summed E-state index contributed by atoms with van der Waals surface area (Å²) in [4.78, 5) is 16.1. The molecule has 1 aromatic heterocycles. The minimum atomic E-state index is -0.0000624. The van der Waals surface area contributed by atoms with Crippen LogP contribution >= 0.6 is 11.6 Å². The van der Waals surface area contributed by atoms with Crippen LogP contribution in [0.15, 0.2) is 30.5 Å². The lowest BCUT2D eigenvalue weighted by molar-refractivity contribution is -0.116. The minimum Gasteiger partial charge on any atom is -0.339 e. The monoisotopic (exact) mass is 331 g/mol. The number of pyridine rings is 1. The molecule has 4 nitrogen and oxygen atoms in total. The van der Waals surface area contributed by atoms with Crippen molar-refractivity contribution in [3.8, 4) is 0 Å². The molecule has 1 amide bonds. The Morgan fingerprint density at radius 2 is 2.00 bits per heavy atom. The molecule has 0 radical (unpaired) electrons. The first kappa shape index (κ1) is 17.3. The summed E-state index contributed by atoms with van der Waals surface area (Å²) in [5, 5.41) is 6.73. The number of aryl methyl sites for hydroxylation is 2. The summed E-state index contributed by atoms with van der Waals surface area (Å²) >= 11 is 6.29. The molecule has 2 rings (SSSR count). The lowest BCUT2D eigenvalue weighted by Gasteiger charge is -2.12. The predicted molar refractivity (Wildman–Crippen MR) is 96.5 cm³/mol. The van der Waals surface area contributed by atoms with Gasteiger partial charge in [0.2, 0.25) is 5.91 Å².